The van der Waals surface area contributed by atoms with Crippen molar-refractivity contribution < 1.29 is 21.6 Å². The highest BCUT2D eigenvalue weighted by atomic mass is 32.2. The number of nitrogens with zero attached hydrogens (tertiary/aromatic N) is 6. The summed E-state index contributed by atoms with van der Waals surface area (Å²) in [5.74, 6) is 0.708. The maximum atomic E-state index is 13.0. The molecule has 4 heterocycles. The van der Waals surface area contributed by atoms with Gasteiger partial charge in [-0.05, 0) is 18.9 Å². The third kappa shape index (κ3) is 3.88. The number of anilines is 1. The molecule has 1 aliphatic heterocycles. The zero-order valence-electron chi connectivity index (χ0n) is 15.3. The van der Waals surface area contributed by atoms with Crippen LogP contribution in [0.3, 0.4) is 0 Å². The van der Waals surface area contributed by atoms with Crippen molar-refractivity contribution in [1.82, 2.24) is 24.3 Å². The van der Waals surface area contributed by atoms with Gasteiger partial charge < -0.3 is 4.90 Å². The Morgan fingerprint density at radius 3 is 2.69 bits per heavy atom. The molecule has 1 aliphatic rings. The number of halogens is 3. The normalized spacial score (nSPS) is 18.3. The molecular formula is C17H17F3N6O2S. The molecule has 0 radical (unpaired) electrons. The van der Waals surface area contributed by atoms with Crippen LogP contribution in [0.4, 0.5) is 19.0 Å². The van der Waals surface area contributed by atoms with E-state index in [1.54, 1.807) is 6.07 Å². The summed E-state index contributed by atoms with van der Waals surface area (Å²) in [5.41, 5.74) is -0.532. The van der Waals surface area contributed by atoms with Crippen molar-refractivity contribution in [3.05, 3.63) is 36.5 Å². The van der Waals surface area contributed by atoms with E-state index in [2.05, 4.69) is 19.9 Å². The number of piperidine rings is 1. The van der Waals surface area contributed by atoms with Crippen LogP contribution in [0.2, 0.25) is 0 Å². The van der Waals surface area contributed by atoms with Crippen molar-refractivity contribution in [3.63, 3.8) is 0 Å². The average molecular weight is 426 g/mol. The van der Waals surface area contributed by atoms with Gasteiger partial charge in [-0.25, -0.2) is 28.4 Å². The molecule has 1 atom stereocenters. The number of rotatable bonds is 3. The van der Waals surface area contributed by atoms with Crippen LogP contribution >= 0.6 is 0 Å². The first-order chi connectivity index (χ1) is 13.6. The molecule has 154 valence electrons. The molecule has 0 aliphatic carbocycles. The number of imidazole rings is 1. The maximum absolute atomic E-state index is 13.0. The Morgan fingerprint density at radius 1 is 1.17 bits per heavy atom. The second-order valence-corrected chi connectivity index (χ2v) is 9.25. The van der Waals surface area contributed by atoms with Gasteiger partial charge >= 0.3 is 6.18 Å². The summed E-state index contributed by atoms with van der Waals surface area (Å²) in [5, 5.41) is -0.481. The van der Waals surface area contributed by atoms with Crippen LogP contribution in [-0.2, 0) is 16.0 Å². The van der Waals surface area contributed by atoms with Crippen LogP contribution in [0.15, 0.2) is 30.9 Å². The minimum atomic E-state index is -4.59. The van der Waals surface area contributed by atoms with E-state index in [0.29, 0.717) is 31.7 Å². The van der Waals surface area contributed by atoms with Crippen molar-refractivity contribution in [2.75, 3.05) is 24.2 Å². The fourth-order valence-corrected chi connectivity index (χ4v) is 4.39. The summed E-state index contributed by atoms with van der Waals surface area (Å²) < 4.78 is 64.1. The van der Waals surface area contributed by atoms with Gasteiger partial charge in [0, 0.05) is 31.7 Å². The molecule has 3 aromatic heterocycles. The Morgan fingerprint density at radius 2 is 1.97 bits per heavy atom. The van der Waals surface area contributed by atoms with Crippen molar-refractivity contribution in [2.45, 2.75) is 24.3 Å². The van der Waals surface area contributed by atoms with E-state index in [0.717, 1.165) is 12.4 Å². The molecule has 29 heavy (non-hydrogen) atoms. The molecule has 1 unspecified atom stereocenters. The van der Waals surface area contributed by atoms with Gasteiger partial charge in [-0.3, -0.25) is 4.40 Å². The second kappa shape index (κ2) is 6.94. The van der Waals surface area contributed by atoms with E-state index < -0.39 is 27.0 Å². The largest absolute Gasteiger partial charge is 0.434 e. The lowest BCUT2D eigenvalue weighted by Crippen LogP contribution is -2.42. The van der Waals surface area contributed by atoms with Gasteiger partial charge in [0.1, 0.15) is 11.5 Å². The van der Waals surface area contributed by atoms with Gasteiger partial charge in [-0.15, -0.1) is 0 Å². The molecule has 0 saturated carbocycles. The van der Waals surface area contributed by atoms with Crippen LogP contribution in [0.5, 0.6) is 0 Å². The van der Waals surface area contributed by atoms with Crippen LogP contribution in [0.25, 0.3) is 17.2 Å². The van der Waals surface area contributed by atoms with Gasteiger partial charge in [0.2, 0.25) is 0 Å². The predicted molar refractivity (Wildman–Crippen MR) is 99.1 cm³/mol. The number of hydrogen-bond acceptors (Lipinski definition) is 7. The second-order valence-electron chi connectivity index (χ2n) is 6.92. The highest BCUT2D eigenvalue weighted by Crippen LogP contribution is 2.29. The summed E-state index contributed by atoms with van der Waals surface area (Å²) >= 11 is 0. The molecule has 8 nitrogen and oxygen atoms in total. The molecule has 0 bridgehead atoms. The van der Waals surface area contributed by atoms with Crippen molar-refractivity contribution in [1.29, 1.82) is 0 Å². The molecular weight excluding hydrogens is 409 g/mol. The number of hydrogen-bond donors (Lipinski definition) is 0. The Hall–Kier alpha value is -2.76. The van der Waals surface area contributed by atoms with E-state index in [1.165, 1.54) is 23.1 Å². The first-order valence-electron chi connectivity index (χ1n) is 8.80. The van der Waals surface area contributed by atoms with E-state index in [4.69, 9.17) is 0 Å². The molecule has 12 heteroatoms. The fraction of sp³-hybridized carbons (Fsp3) is 0.412. The van der Waals surface area contributed by atoms with Gasteiger partial charge in [0.05, 0.1) is 17.6 Å². The maximum Gasteiger partial charge on any atom is 0.434 e. The molecule has 0 spiro atoms. The van der Waals surface area contributed by atoms with E-state index in [1.807, 2.05) is 4.90 Å². The summed E-state index contributed by atoms with van der Waals surface area (Å²) in [7, 11) is -3.18. The highest BCUT2D eigenvalue weighted by molar-refractivity contribution is 7.91. The lowest BCUT2D eigenvalue weighted by molar-refractivity contribution is -0.141. The standard InChI is InChI=1S/C17H17F3N6O2S/c1-29(27,28)11-3-2-6-25(9-11)14-4-5-21-16(24-14)12-7-23-15-8-22-13(10-26(12)15)17(18,19)20/h4-5,7-8,10-11H,2-3,6,9H2,1H3. The molecule has 1 saturated heterocycles. The Balaban J connectivity index is 1.71. The van der Waals surface area contributed by atoms with Gasteiger partial charge in [-0.1, -0.05) is 0 Å². The van der Waals surface area contributed by atoms with E-state index in [9.17, 15) is 21.6 Å². The quantitative estimate of drug-likeness (QED) is 0.634. The zero-order valence-corrected chi connectivity index (χ0v) is 16.2. The predicted octanol–water partition coefficient (Wildman–Crippen LogP) is 2.22. The molecule has 1 fully saturated rings. The lowest BCUT2D eigenvalue weighted by Gasteiger charge is -2.32. The monoisotopic (exact) mass is 426 g/mol. The van der Waals surface area contributed by atoms with Gasteiger partial charge in [-0.2, -0.15) is 13.2 Å². The molecule has 3 aromatic rings. The van der Waals surface area contributed by atoms with Crippen molar-refractivity contribution in [3.8, 4) is 11.5 Å². The fourth-order valence-electron chi connectivity index (χ4n) is 3.35. The highest BCUT2D eigenvalue weighted by Gasteiger charge is 2.33. The van der Waals surface area contributed by atoms with Crippen LogP contribution in [0, 0.1) is 0 Å². The minimum Gasteiger partial charge on any atom is -0.355 e. The lowest BCUT2D eigenvalue weighted by atomic mass is 10.1. The minimum absolute atomic E-state index is 0.191. The Labute approximate surface area is 164 Å². The summed E-state index contributed by atoms with van der Waals surface area (Å²) in [6.45, 7) is 0.947. The molecule has 0 aromatic carbocycles. The third-order valence-corrected chi connectivity index (χ3v) is 6.46. The SMILES string of the molecule is CS(=O)(=O)C1CCCN(c2ccnc(-c3cnc4cnc(C(F)(F)F)cn34)n2)C1. The first kappa shape index (κ1) is 19.6. The van der Waals surface area contributed by atoms with Crippen molar-refractivity contribution in [2.24, 2.45) is 0 Å². The molecule has 4 rings (SSSR count). The zero-order chi connectivity index (χ0) is 20.8. The number of alkyl halides is 3. The van der Waals surface area contributed by atoms with Crippen molar-refractivity contribution >= 4 is 21.3 Å². The van der Waals surface area contributed by atoms with E-state index >= 15 is 0 Å². The van der Waals surface area contributed by atoms with Crippen LogP contribution in [0.1, 0.15) is 18.5 Å². The Kier molecular flexibility index (Phi) is 4.68. The number of sulfone groups is 1. The van der Waals surface area contributed by atoms with Gasteiger partial charge in [0.15, 0.2) is 27.0 Å². The average Bonchev–Trinajstić information content (AvgIpc) is 3.10. The van der Waals surface area contributed by atoms with E-state index in [-0.39, 0.29) is 17.2 Å². The summed E-state index contributed by atoms with van der Waals surface area (Å²) in [6.07, 6.45) is 2.69. The third-order valence-electron chi connectivity index (χ3n) is 4.86. The van der Waals surface area contributed by atoms with Crippen LogP contribution in [-0.4, -0.2) is 57.3 Å². The van der Waals surface area contributed by atoms with Gasteiger partial charge in [0.25, 0.3) is 0 Å². The summed E-state index contributed by atoms with van der Waals surface area (Å²) in [4.78, 5) is 17.9. The number of aromatic nitrogens is 5. The summed E-state index contributed by atoms with van der Waals surface area (Å²) in [6, 6.07) is 1.65. The Bertz CT molecular complexity index is 1160. The smallest absolute Gasteiger partial charge is 0.355 e. The molecule has 0 amide bonds. The first-order valence-corrected chi connectivity index (χ1v) is 10.8. The number of fused-ring (bicyclic) bond motifs is 1. The molecule has 0 N–H and O–H groups in total. The topological polar surface area (TPSA) is 93.4 Å². The van der Waals surface area contributed by atoms with Crippen LogP contribution < -0.4 is 4.90 Å².